The van der Waals surface area contributed by atoms with Crippen LogP contribution in [0.4, 0.5) is 4.79 Å². The number of carbonyl (C=O) groups is 3. The third kappa shape index (κ3) is 5.82. The molecule has 1 aliphatic carbocycles. The smallest absolute Gasteiger partial charge is 0.408 e. The Balaban J connectivity index is 1.68. The number of hydrogen-bond donors (Lipinski definition) is 3. The van der Waals surface area contributed by atoms with E-state index >= 15 is 0 Å². The van der Waals surface area contributed by atoms with Crippen LogP contribution in [0.15, 0.2) is 48.5 Å². The van der Waals surface area contributed by atoms with E-state index in [4.69, 9.17) is 9.47 Å². The molecule has 2 aromatic rings. The van der Waals surface area contributed by atoms with Gasteiger partial charge in [0, 0.05) is 19.6 Å². The van der Waals surface area contributed by atoms with Gasteiger partial charge in [-0.3, -0.25) is 4.79 Å². The highest BCUT2D eigenvalue weighted by atomic mass is 16.5. The molecule has 1 atom stereocenters. The van der Waals surface area contributed by atoms with E-state index in [0.29, 0.717) is 13.0 Å². The standard InChI is InChI=1S/C27H34N2O6/c1-4-27(5-2,25(32)28-23(24(30)31)15-10-16-34-3)29-26(33)35-17-22-20-13-8-6-11-18(20)19-12-7-9-14-21(19)22/h6-9,11-14,22-23H,4-5,10,15-17H2,1-3H3,(H,28,32)(H,29,33)(H,30,31). The molecular formula is C27H34N2O6. The maximum absolute atomic E-state index is 13.1. The normalized spacial score (nSPS) is 13.5. The second kappa shape index (κ2) is 11.8. The fraction of sp³-hybridized carbons (Fsp3) is 0.444. The molecule has 0 saturated heterocycles. The number of rotatable bonds is 12. The molecule has 3 N–H and O–H groups in total. The number of hydrogen-bond acceptors (Lipinski definition) is 5. The molecule has 3 rings (SSSR count). The third-order valence-corrected chi connectivity index (χ3v) is 6.77. The highest BCUT2D eigenvalue weighted by molar-refractivity contribution is 5.92. The zero-order chi connectivity index (χ0) is 25.4. The molecule has 2 aromatic carbocycles. The van der Waals surface area contributed by atoms with Crippen molar-refractivity contribution in [2.45, 2.75) is 57.0 Å². The molecule has 1 aliphatic rings. The van der Waals surface area contributed by atoms with Gasteiger partial charge in [-0.1, -0.05) is 62.4 Å². The first-order valence-corrected chi connectivity index (χ1v) is 12.0. The summed E-state index contributed by atoms with van der Waals surface area (Å²) in [4.78, 5) is 37.6. The van der Waals surface area contributed by atoms with Crippen LogP contribution in [0, 0.1) is 0 Å². The van der Waals surface area contributed by atoms with Crippen LogP contribution < -0.4 is 10.6 Å². The molecule has 0 aliphatic heterocycles. The first kappa shape index (κ1) is 26.2. The number of benzene rings is 2. The van der Waals surface area contributed by atoms with Gasteiger partial charge < -0.3 is 25.2 Å². The van der Waals surface area contributed by atoms with E-state index < -0.39 is 29.6 Å². The topological polar surface area (TPSA) is 114 Å². The van der Waals surface area contributed by atoms with Crippen LogP contribution in [0.1, 0.15) is 56.6 Å². The quantitative estimate of drug-likeness (QED) is 0.393. The minimum Gasteiger partial charge on any atom is -0.480 e. The summed E-state index contributed by atoms with van der Waals surface area (Å²) >= 11 is 0. The molecule has 0 saturated carbocycles. The van der Waals surface area contributed by atoms with Crippen molar-refractivity contribution in [3.8, 4) is 11.1 Å². The van der Waals surface area contributed by atoms with Crippen LogP contribution >= 0.6 is 0 Å². The zero-order valence-corrected chi connectivity index (χ0v) is 20.5. The van der Waals surface area contributed by atoms with E-state index in [1.54, 1.807) is 13.8 Å². The number of carboxylic acids is 1. The maximum Gasteiger partial charge on any atom is 0.408 e. The van der Waals surface area contributed by atoms with Crippen molar-refractivity contribution >= 4 is 18.0 Å². The minimum atomic E-state index is -1.28. The van der Waals surface area contributed by atoms with E-state index in [1.807, 2.05) is 36.4 Å². The SMILES string of the molecule is CCC(CC)(NC(=O)OCC1c2ccccc2-c2ccccc21)C(=O)NC(CCCOC)C(=O)O. The average Bonchev–Trinajstić information content (AvgIpc) is 3.19. The van der Waals surface area contributed by atoms with E-state index in [2.05, 4.69) is 22.8 Å². The monoisotopic (exact) mass is 482 g/mol. The Labute approximate surface area is 206 Å². The predicted octanol–water partition coefficient (Wildman–Crippen LogP) is 4.08. The van der Waals surface area contributed by atoms with Gasteiger partial charge in [-0.2, -0.15) is 0 Å². The van der Waals surface area contributed by atoms with Crippen LogP contribution in [0.5, 0.6) is 0 Å². The number of ether oxygens (including phenoxy) is 2. The molecule has 2 amide bonds. The van der Waals surface area contributed by atoms with Crippen molar-refractivity contribution in [3.63, 3.8) is 0 Å². The lowest BCUT2D eigenvalue weighted by Crippen LogP contribution is -2.60. The number of methoxy groups -OCH3 is 1. The molecule has 188 valence electrons. The Kier molecular flexibility index (Phi) is 8.87. The number of amides is 2. The summed E-state index contributed by atoms with van der Waals surface area (Å²) in [6.07, 6.45) is 0.563. The first-order valence-electron chi connectivity index (χ1n) is 12.0. The van der Waals surface area contributed by atoms with Gasteiger partial charge >= 0.3 is 12.1 Å². The highest BCUT2D eigenvalue weighted by Crippen LogP contribution is 2.44. The van der Waals surface area contributed by atoms with E-state index in [0.717, 1.165) is 22.3 Å². The largest absolute Gasteiger partial charge is 0.480 e. The number of fused-ring (bicyclic) bond motifs is 3. The molecule has 0 fully saturated rings. The summed E-state index contributed by atoms with van der Waals surface area (Å²) in [5.74, 6) is -1.77. The highest BCUT2D eigenvalue weighted by Gasteiger charge is 2.39. The van der Waals surface area contributed by atoms with Gasteiger partial charge in [0.1, 0.15) is 18.2 Å². The average molecular weight is 483 g/mol. The van der Waals surface area contributed by atoms with Crippen LogP contribution in [0.2, 0.25) is 0 Å². The second-order valence-electron chi connectivity index (χ2n) is 8.74. The summed E-state index contributed by atoms with van der Waals surface area (Å²) in [5.41, 5.74) is 3.16. The van der Waals surface area contributed by atoms with Crippen molar-refractivity contribution in [1.29, 1.82) is 0 Å². The third-order valence-electron chi connectivity index (χ3n) is 6.77. The van der Waals surface area contributed by atoms with Crippen molar-refractivity contribution in [2.24, 2.45) is 0 Å². The van der Waals surface area contributed by atoms with Gasteiger partial charge in [-0.15, -0.1) is 0 Å². The summed E-state index contributed by atoms with van der Waals surface area (Å²) in [6.45, 7) is 4.06. The first-order chi connectivity index (χ1) is 16.9. The van der Waals surface area contributed by atoms with Crippen LogP contribution in [-0.2, 0) is 19.1 Å². The summed E-state index contributed by atoms with van der Waals surface area (Å²) in [7, 11) is 1.53. The molecule has 0 radical (unpaired) electrons. The molecular weight excluding hydrogens is 448 g/mol. The fourth-order valence-corrected chi connectivity index (χ4v) is 4.62. The molecule has 8 heteroatoms. The van der Waals surface area contributed by atoms with Crippen molar-refractivity contribution in [1.82, 2.24) is 10.6 Å². The molecule has 1 unspecified atom stereocenters. The Bertz CT molecular complexity index is 1000. The number of carboxylic acid groups (broad SMARTS) is 1. The second-order valence-corrected chi connectivity index (χ2v) is 8.74. The van der Waals surface area contributed by atoms with E-state index in [9.17, 15) is 19.5 Å². The van der Waals surface area contributed by atoms with E-state index in [1.165, 1.54) is 7.11 Å². The molecule has 0 bridgehead atoms. The zero-order valence-electron chi connectivity index (χ0n) is 20.5. The number of carbonyl (C=O) groups excluding carboxylic acids is 2. The molecule has 35 heavy (non-hydrogen) atoms. The van der Waals surface area contributed by atoms with Crippen LogP contribution in [-0.4, -0.2) is 55.0 Å². The lowest BCUT2D eigenvalue weighted by atomic mass is 9.91. The van der Waals surface area contributed by atoms with Gasteiger partial charge in [0.05, 0.1) is 0 Å². The molecule has 0 heterocycles. The summed E-state index contributed by atoms with van der Waals surface area (Å²) in [5, 5.41) is 14.8. The Morgan fingerprint density at radius 3 is 2.09 bits per heavy atom. The molecule has 0 aromatic heterocycles. The number of alkyl carbamates (subject to hydrolysis) is 1. The van der Waals surface area contributed by atoms with Gasteiger partial charge in [0.25, 0.3) is 0 Å². The Morgan fingerprint density at radius 1 is 1.00 bits per heavy atom. The van der Waals surface area contributed by atoms with Crippen molar-refractivity contribution in [3.05, 3.63) is 59.7 Å². The van der Waals surface area contributed by atoms with Gasteiger partial charge in [-0.05, 0) is 47.9 Å². The molecule has 8 nitrogen and oxygen atoms in total. The maximum atomic E-state index is 13.1. The van der Waals surface area contributed by atoms with Crippen LogP contribution in [0.3, 0.4) is 0 Å². The lowest BCUT2D eigenvalue weighted by molar-refractivity contribution is -0.143. The fourth-order valence-electron chi connectivity index (χ4n) is 4.62. The number of nitrogens with one attached hydrogen (secondary N) is 2. The predicted molar refractivity (Wildman–Crippen MR) is 132 cm³/mol. The van der Waals surface area contributed by atoms with Gasteiger partial charge in [0.2, 0.25) is 5.91 Å². The Hall–Kier alpha value is -3.39. The van der Waals surface area contributed by atoms with Crippen molar-refractivity contribution in [2.75, 3.05) is 20.3 Å². The molecule has 0 spiro atoms. The minimum absolute atomic E-state index is 0.100. The van der Waals surface area contributed by atoms with Crippen molar-refractivity contribution < 1.29 is 29.0 Å². The number of aliphatic carboxylic acids is 1. The Morgan fingerprint density at radius 2 is 1.57 bits per heavy atom. The van der Waals surface area contributed by atoms with E-state index in [-0.39, 0.29) is 31.8 Å². The summed E-state index contributed by atoms with van der Waals surface area (Å²) in [6, 6.07) is 15.0. The van der Waals surface area contributed by atoms with Gasteiger partial charge in [-0.25, -0.2) is 9.59 Å². The lowest BCUT2D eigenvalue weighted by Gasteiger charge is -2.32. The summed E-state index contributed by atoms with van der Waals surface area (Å²) < 4.78 is 10.6. The van der Waals surface area contributed by atoms with Gasteiger partial charge in [0.15, 0.2) is 0 Å². The van der Waals surface area contributed by atoms with Crippen LogP contribution in [0.25, 0.3) is 11.1 Å².